The molecule has 1 N–H and O–H groups in total. The number of oxazole rings is 1. The minimum absolute atomic E-state index is 0.0923. The van der Waals surface area contributed by atoms with Gasteiger partial charge in [-0.05, 0) is 55.4 Å². The normalized spacial score (nSPS) is 15.1. The Morgan fingerprint density at radius 1 is 1.13 bits per heavy atom. The number of halogens is 1. The van der Waals surface area contributed by atoms with Crippen LogP contribution < -0.4 is 0 Å². The van der Waals surface area contributed by atoms with E-state index in [0.29, 0.717) is 16.5 Å². The van der Waals surface area contributed by atoms with Crippen molar-refractivity contribution in [1.29, 1.82) is 0 Å². The fourth-order valence-electron chi connectivity index (χ4n) is 2.89. The SMILES string of the molecule is C[C@H](O[Si](C)(C)C(C)(C)C)[C@@H](O)C=Cc1cccc2oc(-c3ccc(Cl)cc3)nc12. The summed E-state index contributed by atoms with van der Waals surface area (Å²) in [6.45, 7) is 12.9. The van der Waals surface area contributed by atoms with E-state index < -0.39 is 14.4 Å². The van der Waals surface area contributed by atoms with E-state index >= 15 is 0 Å². The van der Waals surface area contributed by atoms with Crippen molar-refractivity contribution in [3.63, 3.8) is 0 Å². The highest BCUT2D eigenvalue weighted by Crippen LogP contribution is 2.37. The van der Waals surface area contributed by atoms with Crippen LogP contribution in [0.15, 0.2) is 53.0 Å². The number of hydrogen-bond donors (Lipinski definition) is 1. The Balaban J connectivity index is 1.81. The average Bonchev–Trinajstić information content (AvgIpc) is 3.10. The second-order valence-corrected chi connectivity index (χ2v) is 14.3. The Morgan fingerprint density at radius 2 is 1.80 bits per heavy atom. The number of hydrogen-bond acceptors (Lipinski definition) is 4. The first-order valence-electron chi connectivity index (χ1n) is 10.2. The highest BCUT2D eigenvalue weighted by Gasteiger charge is 2.39. The molecule has 2 aromatic carbocycles. The lowest BCUT2D eigenvalue weighted by atomic mass is 10.1. The fraction of sp³-hybridized carbons (Fsp3) is 0.375. The van der Waals surface area contributed by atoms with Crippen LogP contribution in [0.4, 0.5) is 0 Å². The number of para-hydroxylation sites is 1. The highest BCUT2D eigenvalue weighted by molar-refractivity contribution is 6.74. The lowest BCUT2D eigenvalue weighted by Crippen LogP contribution is -2.45. The van der Waals surface area contributed by atoms with Crippen LogP contribution in [0.5, 0.6) is 0 Å². The number of aromatic nitrogens is 1. The van der Waals surface area contributed by atoms with Crippen molar-refractivity contribution in [2.45, 2.75) is 58.0 Å². The molecular formula is C24H30ClNO3Si. The molecule has 4 nitrogen and oxygen atoms in total. The van der Waals surface area contributed by atoms with E-state index in [1.807, 2.05) is 55.5 Å². The van der Waals surface area contributed by atoms with Crippen LogP contribution in [0.1, 0.15) is 33.3 Å². The molecule has 0 saturated carbocycles. The summed E-state index contributed by atoms with van der Waals surface area (Å²) in [6.07, 6.45) is 2.65. The highest BCUT2D eigenvalue weighted by atomic mass is 35.5. The average molecular weight is 444 g/mol. The van der Waals surface area contributed by atoms with Gasteiger partial charge in [0.05, 0.1) is 12.2 Å². The van der Waals surface area contributed by atoms with E-state index in [0.717, 1.165) is 16.6 Å². The molecule has 3 rings (SSSR count). The fourth-order valence-corrected chi connectivity index (χ4v) is 4.44. The molecule has 0 unspecified atom stereocenters. The molecule has 2 atom stereocenters. The van der Waals surface area contributed by atoms with Crippen molar-refractivity contribution in [3.05, 3.63) is 59.1 Å². The van der Waals surface area contributed by atoms with Crippen molar-refractivity contribution in [1.82, 2.24) is 4.98 Å². The monoisotopic (exact) mass is 443 g/mol. The van der Waals surface area contributed by atoms with Crippen LogP contribution >= 0.6 is 11.6 Å². The molecular weight excluding hydrogens is 414 g/mol. The lowest BCUT2D eigenvalue weighted by molar-refractivity contribution is 0.0698. The van der Waals surface area contributed by atoms with Gasteiger partial charge in [-0.25, -0.2) is 4.98 Å². The summed E-state index contributed by atoms with van der Waals surface area (Å²) in [6, 6.07) is 13.1. The van der Waals surface area contributed by atoms with Gasteiger partial charge in [0.2, 0.25) is 5.89 Å². The summed E-state index contributed by atoms with van der Waals surface area (Å²) in [5, 5.41) is 11.4. The predicted molar refractivity (Wildman–Crippen MR) is 127 cm³/mol. The van der Waals surface area contributed by atoms with Gasteiger partial charge in [0.25, 0.3) is 0 Å². The van der Waals surface area contributed by atoms with Crippen LogP contribution in [0.2, 0.25) is 23.2 Å². The second-order valence-electron chi connectivity index (χ2n) is 9.15. The molecule has 0 spiro atoms. The Morgan fingerprint density at radius 3 is 2.43 bits per heavy atom. The van der Waals surface area contributed by atoms with Crippen LogP contribution in [0, 0.1) is 0 Å². The molecule has 0 aliphatic carbocycles. The van der Waals surface area contributed by atoms with Crippen molar-refractivity contribution in [2.75, 3.05) is 0 Å². The molecule has 6 heteroatoms. The zero-order valence-corrected chi connectivity index (χ0v) is 20.2. The van der Waals surface area contributed by atoms with E-state index in [1.165, 1.54) is 0 Å². The van der Waals surface area contributed by atoms with E-state index in [1.54, 1.807) is 6.08 Å². The lowest BCUT2D eigenvalue weighted by Gasteiger charge is -2.39. The molecule has 1 heterocycles. The largest absolute Gasteiger partial charge is 0.436 e. The molecule has 3 aromatic rings. The molecule has 0 aliphatic heterocycles. The number of fused-ring (bicyclic) bond motifs is 1. The van der Waals surface area contributed by atoms with Gasteiger partial charge in [-0.2, -0.15) is 0 Å². The van der Waals surface area contributed by atoms with Gasteiger partial charge >= 0.3 is 0 Å². The number of aliphatic hydroxyl groups is 1. The molecule has 0 radical (unpaired) electrons. The maximum Gasteiger partial charge on any atom is 0.227 e. The number of nitrogens with zero attached hydrogens (tertiary/aromatic N) is 1. The van der Waals surface area contributed by atoms with Gasteiger partial charge in [-0.3, -0.25) is 0 Å². The van der Waals surface area contributed by atoms with Crippen molar-refractivity contribution in [3.8, 4) is 11.5 Å². The van der Waals surface area contributed by atoms with Gasteiger partial charge < -0.3 is 13.9 Å². The van der Waals surface area contributed by atoms with Crippen molar-refractivity contribution < 1.29 is 13.9 Å². The molecule has 0 bridgehead atoms. The number of benzene rings is 2. The quantitative estimate of drug-likeness (QED) is 0.419. The zero-order valence-electron chi connectivity index (χ0n) is 18.4. The second kappa shape index (κ2) is 8.67. The Hall–Kier alpha value is -1.92. The molecule has 0 aliphatic rings. The van der Waals surface area contributed by atoms with Gasteiger partial charge in [0, 0.05) is 16.1 Å². The third-order valence-electron chi connectivity index (χ3n) is 5.78. The maximum absolute atomic E-state index is 10.6. The maximum atomic E-state index is 10.6. The molecule has 0 fully saturated rings. The number of aliphatic hydroxyl groups excluding tert-OH is 1. The van der Waals surface area contributed by atoms with Crippen molar-refractivity contribution >= 4 is 37.1 Å². The third kappa shape index (κ3) is 5.03. The topological polar surface area (TPSA) is 55.5 Å². The van der Waals surface area contributed by atoms with Crippen LogP contribution in [0.25, 0.3) is 28.6 Å². The van der Waals surface area contributed by atoms with Gasteiger partial charge in [0.1, 0.15) is 5.52 Å². The molecule has 1 aromatic heterocycles. The molecule has 0 amide bonds. The first kappa shape index (κ1) is 22.8. The summed E-state index contributed by atoms with van der Waals surface area (Å²) < 4.78 is 12.2. The minimum Gasteiger partial charge on any atom is -0.436 e. The summed E-state index contributed by atoms with van der Waals surface area (Å²) in [5.41, 5.74) is 3.20. The number of rotatable bonds is 6. The van der Waals surface area contributed by atoms with Crippen LogP contribution in [-0.2, 0) is 4.43 Å². The van der Waals surface area contributed by atoms with E-state index in [-0.39, 0.29) is 11.1 Å². The van der Waals surface area contributed by atoms with Gasteiger partial charge in [-0.1, -0.05) is 56.7 Å². The van der Waals surface area contributed by atoms with Crippen LogP contribution in [-0.4, -0.2) is 30.6 Å². The Kier molecular flexibility index (Phi) is 6.58. The molecule has 30 heavy (non-hydrogen) atoms. The van der Waals surface area contributed by atoms with E-state index in [4.69, 9.17) is 20.4 Å². The first-order chi connectivity index (χ1) is 14.0. The van der Waals surface area contributed by atoms with E-state index in [2.05, 4.69) is 38.8 Å². The first-order valence-corrected chi connectivity index (χ1v) is 13.5. The Labute approximate surface area is 184 Å². The summed E-state index contributed by atoms with van der Waals surface area (Å²) >= 11 is 5.97. The van der Waals surface area contributed by atoms with Gasteiger partial charge in [-0.15, -0.1) is 0 Å². The summed E-state index contributed by atoms with van der Waals surface area (Å²) in [4.78, 5) is 4.66. The van der Waals surface area contributed by atoms with Crippen LogP contribution in [0.3, 0.4) is 0 Å². The van der Waals surface area contributed by atoms with E-state index in [9.17, 15) is 5.11 Å². The zero-order chi connectivity index (χ0) is 22.1. The minimum atomic E-state index is -1.95. The molecule has 0 saturated heterocycles. The summed E-state index contributed by atoms with van der Waals surface area (Å²) in [5.74, 6) is 0.540. The molecule has 160 valence electrons. The smallest absolute Gasteiger partial charge is 0.227 e. The predicted octanol–water partition coefficient (Wildman–Crippen LogP) is 6.93. The van der Waals surface area contributed by atoms with Gasteiger partial charge in [0.15, 0.2) is 13.9 Å². The summed E-state index contributed by atoms with van der Waals surface area (Å²) in [7, 11) is -1.95. The Bertz CT molecular complexity index is 1030. The third-order valence-corrected chi connectivity index (χ3v) is 10.6. The van der Waals surface area contributed by atoms with Crippen molar-refractivity contribution in [2.24, 2.45) is 0 Å². The standard InChI is InChI=1S/C24H30ClNO3Si/c1-16(29-30(5,6)24(2,3)4)20(27)15-12-17-8-7-9-21-22(17)26-23(28-21)18-10-13-19(25)14-11-18/h7-16,20,27H,1-6H3/t16-,20-/m0/s1.